The second kappa shape index (κ2) is 6.98. The van der Waals surface area contributed by atoms with E-state index in [1.165, 1.54) is 11.3 Å². The summed E-state index contributed by atoms with van der Waals surface area (Å²) in [6, 6.07) is 0. The van der Waals surface area contributed by atoms with Crippen LogP contribution in [-0.4, -0.2) is 59.9 Å². The van der Waals surface area contributed by atoms with Gasteiger partial charge in [0.15, 0.2) is 0 Å². The zero-order valence-corrected chi connectivity index (χ0v) is 15.4. The zero-order chi connectivity index (χ0) is 17.3. The van der Waals surface area contributed by atoms with Gasteiger partial charge in [0, 0.05) is 32.2 Å². The van der Waals surface area contributed by atoms with Gasteiger partial charge < -0.3 is 19.5 Å². The second-order valence-electron chi connectivity index (χ2n) is 6.88. The number of piperidine rings is 1. The lowest BCUT2D eigenvalue weighted by atomic mass is 9.70. The molecule has 2 fully saturated rings. The van der Waals surface area contributed by atoms with Crippen LogP contribution in [0.4, 0.5) is 0 Å². The number of hydrogen-bond acceptors (Lipinski definition) is 6. The lowest BCUT2D eigenvalue weighted by molar-refractivity contribution is -0.125. The van der Waals surface area contributed by atoms with E-state index in [2.05, 4.69) is 11.9 Å². The highest BCUT2D eigenvalue weighted by Crippen LogP contribution is 2.40. The summed E-state index contributed by atoms with van der Waals surface area (Å²) in [6.07, 6.45) is 2.43. The van der Waals surface area contributed by atoms with Crippen LogP contribution in [0.5, 0.6) is 5.19 Å². The number of likely N-dealkylation sites (tertiary alicyclic amines) is 1. The van der Waals surface area contributed by atoms with Crippen LogP contribution in [0.3, 0.4) is 0 Å². The number of hydrogen-bond donors (Lipinski definition) is 1. The molecular weight excluding hydrogens is 328 g/mol. The lowest BCUT2D eigenvalue weighted by Crippen LogP contribution is -2.56. The summed E-state index contributed by atoms with van der Waals surface area (Å²) in [4.78, 5) is 19.6. The van der Waals surface area contributed by atoms with Crippen LogP contribution >= 0.6 is 11.3 Å². The highest BCUT2D eigenvalue weighted by Gasteiger charge is 2.46. The van der Waals surface area contributed by atoms with E-state index in [0.29, 0.717) is 35.3 Å². The fourth-order valence-corrected chi connectivity index (χ4v) is 4.78. The van der Waals surface area contributed by atoms with E-state index in [1.54, 1.807) is 7.11 Å². The fraction of sp³-hybridized carbons (Fsp3) is 0.765. The molecule has 7 heteroatoms. The first-order valence-electron chi connectivity index (χ1n) is 8.56. The summed E-state index contributed by atoms with van der Waals surface area (Å²) in [7, 11) is 1.56. The van der Waals surface area contributed by atoms with Crippen LogP contribution in [0.2, 0.25) is 0 Å². The van der Waals surface area contributed by atoms with E-state index < -0.39 is 5.60 Å². The van der Waals surface area contributed by atoms with Crippen molar-refractivity contribution in [2.75, 3.05) is 33.4 Å². The van der Waals surface area contributed by atoms with E-state index in [4.69, 9.17) is 9.47 Å². The number of aliphatic hydroxyl groups is 1. The van der Waals surface area contributed by atoms with Gasteiger partial charge in [0.25, 0.3) is 11.1 Å². The third kappa shape index (κ3) is 3.17. The fourth-order valence-electron chi connectivity index (χ4n) is 3.93. The van der Waals surface area contributed by atoms with Crippen molar-refractivity contribution < 1.29 is 19.4 Å². The van der Waals surface area contributed by atoms with Gasteiger partial charge in [-0.25, -0.2) is 4.98 Å². The minimum atomic E-state index is -0.693. The molecule has 3 rings (SSSR count). The van der Waals surface area contributed by atoms with Crippen LogP contribution in [0.15, 0.2) is 0 Å². The Bertz CT molecular complexity index is 599. The average molecular weight is 354 g/mol. The van der Waals surface area contributed by atoms with Gasteiger partial charge in [-0.2, -0.15) is 0 Å². The normalized spacial score (nSPS) is 28.8. The number of carbonyl (C=O) groups excluding carboxylic acids is 1. The molecular formula is C17H26N2O4S. The van der Waals surface area contributed by atoms with Gasteiger partial charge in [-0.15, -0.1) is 0 Å². The van der Waals surface area contributed by atoms with Crippen molar-refractivity contribution >= 4 is 17.2 Å². The van der Waals surface area contributed by atoms with Gasteiger partial charge in [-0.1, -0.05) is 18.3 Å². The maximum absolute atomic E-state index is 12.8. The number of rotatable bonds is 3. The Morgan fingerprint density at radius 1 is 1.46 bits per heavy atom. The maximum atomic E-state index is 12.8. The van der Waals surface area contributed by atoms with Crippen molar-refractivity contribution in [3.8, 4) is 5.19 Å². The number of nitrogens with zero attached hydrogens (tertiary/aromatic N) is 2. The predicted molar refractivity (Wildman–Crippen MR) is 91.6 cm³/mol. The molecule has 134 valence electrons. The summed E-state index contributed by atoms with van der Waals surface area (Å²) < 4.78 is 10.6. The molecule has 0 radical (unpaired) electrons. The smallest absolute Gasteiger partial charge is 0.273 e. The third-order valence-corrected chi connectivity index (χ3v) is 6.60. The number of amides is 1. The van der Waals surface area contributed by atoms with Gasteiger partial charge in [0.1, 0.15) is 4.88 Å². The number of aromatic nitrogens is 1. The van der Waals surface area contributed by atoms with Crippen molar-refractivity contribution in [3.05, 3.63) is 10.6 Å². The molecule has 1 amide bonds. The Labute approximate surface area is 146 Å². The standard InChI is InChI=1S/C17H26N2O4S/c1-11-10-19(15(20)14-12(2)18-16(22-3)24-14)7-6-17(11,21)13-4-8-23-9-5-13/h11,13,21H,4-10H2,1-3H3. The van der Waals surface area contributed by atoms with E-state index in [1.807, 2.05) is 11.8 Å². The minimum absolute atomic E-state index is 0.00539. The molecule has 2 unspecified atom stereocenters. The summed E-state index contributed by atoms with van der Waals surface area (Å²) in [5.74, 6) is 0.311. The van der Waals surface area contributed by atoms with E-state index in [0.717, 1.165) is 26.1 Å². The molecule has 2 saturated heterocycles. The molecule has 0 aliphatic carbocycles. The molecule has 1 N–H and O–H groups in total. The Kier molecular flexibility index (Phi) is 5.13. The number of methoxy groups -OCH3 is 1. The number of thiazole rings is 1. The van der Waals surface area contributed by atoms with E-state index >= 15 is 0 Å². The molecule has 0 saturated carbocycles. The van der Waals surface area contributed by atoms with Crippen molar-refractivity contribution in [2.45, 2.75) is 38.7 Å². The van der Waals surface area contributed by atoms with Crippen molar-refractivity contribution in [1.29, 1.82) is 0 Å². The molecule has 2 atom stereocenters. The van der Waals surface area contributed by atoms with E-state index in [-0.39, 0.29) is 17.7 Å². The Morgan fingerprint density at radius 3 is 2.75 bits per heavy atom. The molecule has 3 heterocycles. The molecule has 1 aromatic rings. The first kappa shape index (κ1) is 17.6. The lowest BCUT2D eigenvalue weighted by Gasteiger charge is -2.48. The van der Waals surface area contributed by atoms with Crippen LogP contribution in [0, 0.1) is 18.8 Å². The largest absolute Gasteiger partial charge is 0.473 e. The van der Waals surface area contributed by atoms with Crippen LogP contribution in [0.1, 0.15) is 41.6 Å². The van der Waals surface area contributed by atoms with Crippen molar-refractivity contribution in [2.24, 2.45) is 11.8 Å². The number of aryl methyl sites for hydroxylation is 1. The van der Waals surface area contributed by atoms with Gasteiger partial charge >= 0.3 is 0 Å². The van der Waals surface area contributed by atoms with Gasteiger partial charge in [-0.05, 0) is 32.1 Å². The quantitative estimate of drug-likeness (QED) is 0.900. The molecule has 0 spiro atoms. The first-order valence-corrected chi connectivity index (χ1v) is 9.38. The third-order valence-electron chi connectivity index (χ3n) is 5.49. The van der Waals surface area contributed by atoms with Crippen LogP contribution < -0.4 is 4.74 Å². The summed E-state index contributed by atoms with van der Waals surface area (Å²) in [5, 5.41) is 11.7. The highest BCUT2D eigenvalue weighted by molar-refractivity contribution is 7.15. The summed E-state index contributed by atoms with van der Waals surface area (Å²) >= 11 is 1.29. The number of ether oxygens (including phenoxy) is 2. The molecule has 0 aromatic carbocycles. The highest BCUT2D eigenvalue weighted by atomic mass is 32.1. The number of carbonyl (C=O) groups is 1. The molecule has 6 nitrogen and oxygen atoms in total. The molecule has 2 aliphatic rings. The summed E-state index contributed by atoms with van der Waals surface area (Å²) in [5.41, 5.74) is 0.0147. The van der Waals surface area contributed by atoms with Crippen LogP contribution in [0.25, 0.3) is 0 Å². The first-order chi connectivity index (χ1) is 11.5. The SMILES string of the molecule is COc1nc(C)c(C(=O)N2CCC(O)(C3CCOCC3)C(C)C2)s1. The van der Waals surface area contributed by atoms with Gasteiger partial charge in [0.2, 0.25) is 0 Å². The Morgan fingerprint density at radius 2 is 2.17 bits per heavy atom. The van der Waals surface area contributed by atoms with Crippen LogP contribution in [-0.2, 0) is 4.74 Å². The predicted octanol–water partition coefficient (Wildman–Crippen LogP) is 2.10. The van der Waals surface area contributed by atoms with Crippen molar-refractivity contribution in [1.82, 2.24) is 9.88 Å². The maximum Gasteiger partial charge on any atom is 0.273 e. The average Bonchev–Trinajstić information content (AvgIpc) is 2.98. The Balaban J connectivity index is 1.70. The van der Waals surface area contributed by atoms with Gasteiger partial charge in [0.05, 0.1) is 18.4 Å². The monoisotopic (exact) mass is 354 g/mol. The molecule has 24 heavy (non-hydrogen) atoms. The zero-order valence-electron chi connectivity index (χ0n) is 14.6. The second-order valence-corrected chi connectivity index (χ2v) is 7.84. The van der Waals surface area contributed by atoms with Gasteiger partial charge in [-0.3, -0.25) is 4.79 Å². The molecule has 0 bridgehead atoms. The minimum Gasteiger partial charge on any atom is -0.473 e. The summed E-state index contributed by atoms with van der Waals surface area (Å²) in [6.45, 7) is 6.49. The molecule has 1 aromatic heterocycles. The molecule has 2 aliphatic heterocycles. The Hall–Kier alpha value is -1.18. The van der Waals surface area contributed by atoms with Crippen molar-refractivity contribution in [3.63, 3.8) is 0 Å². The topological polar surface area (TPSA) is 71.9 Å². The van der Waals surface area contributed by atoms with E-state index in [9.17, 15) is 9.90 Å².